The molecule has 0 heterocycles. The van der Waals surface area contributed by atoms with E-state index < -0.39 is 47.7 Å². The second-order valence-corrected chi connectivity index (χ2v) is 7.38. The lowest BCUT2D eigenvalue weighted by Crippen LogP contribution is -2.57. The molecule has 12 nitrogen and oxygen atoms in total. The molecule has 0 saturated heterocycles. The fourth-order valence-electron chi connectivity index (χ4n) is 2.77. The van der Waals surface area contributed by atoms with Gasteiger partial charge in [0.2, 0.25) is 23.6 Å². The molecule has 0 bridgehead atoms. The number of hydrogen-bond acceptors (Lipinski definition) is 7. The summed E-state index contributed by atoms with van der Waals surface area (Å²) in [4.78, 5) is 59.6. The molecule has 0 radical (unpaired) electrons. The maximum Gasteiger partial charge on any atom is 0.326 e. The number of primary amides is 1. The lowest BCUT2D eigenvalue weighted by atomic mass is 9.97. The zero-order valence-corrected chi connectivity index (χ0v) is 18.2. The van der Waals surface area contributed by atoms with Crippen molar-refractivity contribution in [3.05, 3.63) is 0 Å². The Hall–Kier alpha value is -2.73. The number of carboxylic acids is 1. The molecule has 10 N–H and O–H groups in total. The van der Waals surface area contributed by atoms with Gasteiger partial charge in [-0.2, -0.15) is 0 Å². The number of hydrogen-bond donors (Lipinski definition) is 7. The maximum atomic E-state index is 12.8. The first-order valence-corrected chi connectivity index (χ1v) is 10.4. The average molecular weight is 445 g/mol. The molecule has 0 spiro atoms. The Kier molecular flexibility index (Phi) is 13.8. The van der Waals surface area contributed by atoms with Crippen molar-refractivity contribution in [1.82, 2.24) is 16.0 Å². The molecule has 0 saturated carbocycles. The van der Waals surface area contributed by atoms with E-state index in [9.17, 15) is 29.1 Å². The van der Waals surface area contributed by atoms with Crippen LogP contribution in [0.25, 0.3) is 0 Å². The summed E-state index contributed by atoms with van der Waals surface area (Å²) in [5.74, 6) is -4.05. The number of unbranched alkanes of at least 4 members (excludes halogenated alkanes) is 1. The number of aliphatic carboxylic acids is 1. The number of rotatable bonds is 16. The van der Waals surface area contributed by atoms with Crippen LogP contribution in [0.2, 0.25) is 0 Å². The Morgan fingerprint density at radius 3 is 2.00 bits per heavy atom. The van der Waals surface area contributed by atoms with E-state index in [1.54, 1.807) is 6.92 Å². The molecule has 0 aliphatic carbocycles. The van der Waals surface area contributed by atoms with Crippen molar-refractivity contribution in [3.63, 3.8) is 0 Å². The van der Waals surface area contributed by atoms with Gasteiger partial charge in [-0.15, -0.1) is 0 Å². The van der Waals surface area contributed by atoms with Crippen LogP contribution < -0.4 is 33.2 Å². The van der Waals surface area contributed by atoms with Gasteiger partial charge < -0.3 is 38.3 Å². The first-order valence-electron chi connectivity index (χ1n) is 10.4. The summed E-state index contributed by atoms with van der Waals surface area (Å²) in [7, 11) is 0. The van der Waals surface area contributed by atoms with Crippen LogP contribution in [-0.2, 0) is 24.0 Å². The molecule has 4 amide bonds. The monoisotopic (exact) mass is 444 g/mol. The molecule has 0 aliphatic rings. The van der Waals surface area contributed by atoms with E-state index in [0.29, 0.717) is 25.8 Å². The zero-order chi connectivity index (χ0) is 24.0. The highest BCUT2D eigenvalue weighted by Gasteiger charge is 2.31. The molecule has 0 aromatic rings. The van der Waals surface area contributed by atoms with E-state index in [1.807, 2.05) is 6.92 Å². The van der Waals surface area contributed by atoms with Gasteiger partial charge in [0.1, 0.15) is 18.1 Å². The lowest BCUT2D eigenvalue weighted by Gasteiger charge is -2.27. The molecule has 0 fully saturated rings. The van der Waals surface area contributed by atoms with E-state index in [1.165, 1.54) is 0 Å². The van der Waals surface area contributed by atoms with Crippen molar-refractivity contribution in [1.29, 1.82) is 0 Å². The van der Waals surface area contributed by atoms with Crippen molar-refractivity contribution in [2.45, 2.75) is 70.5 Å². The summed E-state index contributed by atoms with van der Waals surface area (Å²) in [6.07, 6.45) is 1.51. The van der Waals surface area contributed by atoms with Crippen LogP contribution in [0, 0.1) is 5.92 Å². The van der Waals surface area contributed by atoms with E-state index in [0.717, 1.165) is 0 Å². The Morgan fingerprint density at radius 1 is 0.903 bits per heavy atom. The average Bonchev–Trinajstić information content (AvgIpc) is 2.72. The summed E-state index contributed by atoms with van der Waals surface area (Å²) < 4.78 is 0. The van der Waals surface area contributed by atoms with Crippen molar-refractivity contribution in [2.24, 2.45) is 23.1 Å². The minimum absolute atomic E-state index is 0.179. The number of nitrogens with two attached hydrogens (primary N) is 3. The molecular weight excluding hydrogens is 408 g/mol. The smallest absolute Gasteiger partial charge is 0.326 e. The molecule has 12 heteroatoms. The lowest BCUT2D eigenvalue weighted by molar-refractivity contribution is -0.142. The van der Waals surface area contributed by atoms with Crippen LogP contribution in [0.3, 0.4) is 0 Å². The fourth-order valence-corrected chi connectivity index (χ4v) is 2.77. The molecular formula is C19H36N6O6. The fraction of sp³-hybridized carbons (Fsp3) is 0.737. The summed E-state index contributed by atoms with van der Waals surface area (Å²) in [5.41, 5.74) is 15.9. The van der Waals surface area contributed by atoms with Crippen molar-refractivity contribution in [3.8, 4) is 0 Å². The molecule has 0 aromatic heterocycles. The number of amides is 4. The van der Waals surface area contributed by atoms with Crippen LogP contribution in [0.15, 0.2) is 0 Å². The standard InChI is InChI=1S/C19H36N6O6/c1-3-11(2)16(25-15(27)10-21)18(29)23-12(6-4-5-9-20)17(28)24-13(19(30)31)7-8-14(22)26/h11-13,16H,3-10,20-21H2,1-2H3,(H2,22,26)(H,23,29)(H,24,28)(H,25,27)(H,30,31). The third-order valence-electron chi connectivity index (χ3n) is 4.87. The SMILES string of the molecule is CCC(C)C(NC(=O)CN)C(=O)NC(CCCCN)C(=O)NC(CCC(N)=O)C(=O)O. The number of carbonyl (C=O) groups is 5. The van der Waals surface area contributed by atoms with Crippen LogP contribution >= 0.6 is 0 Å². The minimum atomic E-state index is -1.34. The van der Waals surface area contributed by atoms with Gasteiger partial charge in [-0.3, -0.25) is 19.2 Å². The Bertz CT molecular complexity index is 629. The molecule has 31 heavy (non-hydrogen) atoms. The highest BCUT2D eigenvalue weighted by molar-refractivity contribution is 5.93. The molecule has 4 unspecified atom stereocenters. The van der Waals surface area contributed by atoms with Crippen LogP contribution in [0.4, 0.5) is 0 Å². The third-order valence-corrected chi connectivity index (χ3v) is 4.87. The number of carbonyl (C=O) groups excluding carboxylic acids is 4. The second-order valence-electron chi connectivity index (χ2n) is 7.38. The first kappa shape index (κ1) is 28.3. The van der Waals surface area contributed by atoms with Gasteiger partial charge in [0.05, 0.1) is 6.54 Å². The van der Waals surface area contributed by atoms with E-state index >= 15 is 0 Å². The van der Waals surface area contributed by atoms with Crippen molar-refractivity contribution >= 4 is 29.6 Å². The predicted octanol–water partition coefficient (Wildman–Crippen LogP) is -2.08. The molecule has 0 aromatic carbocycles. The quantitative estimate of drug-likeness (QED) is 0.131. The van der Waals surface area contributed by atoms with Gasteiger partial charge in [-0.05, 0) is 38.1 Å². The zero-order valence-electron chi connectivity index (χ0n) is 18.2. The number of nitrogens with one attached hydrogen (secondary N) is 3. The van der Waals surface area contributed by atoms with Gasteiger partial charge >= 0.3 is 5.97 Å². The summed E-state index contributed by atoms with van der Waals surface area (Å²) in [6, 6.07) is -3.29. The third kappa shape index (κ3) is 11.3. The van der Waals surface area contributed by atoms with Crippen LogP contribution in [0.1, 0.15) is 52.4 Å². The summed E-state index contributed by atoms with van der Waals surface area (Å²) >= 11 is 0. The normalized spacial score (nSPS) is 14.6. The number of carboxylic acid groups (broad SMARTS) is 1. The van der Waals surface area contributed by atoms with Gasteiger partial charge in [0.25, 0.3) is 0 Å². The molecule has 4 atom stereocenters. The maximum absolute atomic E-state index is 12.8. The molecule has 0 rings (SSSR count). The summed E-state index contributed by atoms with van der Waals surface area (Å²) in [5, 5.41) is 16.8. The second kappa shape index (κ2) is 15.1. The van der Waals surface area contributed by atoms with Crippen molar-refractivity contribution < 1.29 is 29.1 Å². The summed E-state index contributed by atoms with van der Waals surface area (Å²) in [6.45, 7) is 3.72. The Morgan fingerprint density at radius 2 is 1.52 bits per heavy atom. The molecule has 0 aliphatic heterocycles. The highest BCUT2D eigenvalue weighted by atomic mass is 16.4. The van der Waals surface area contributed by atoms with Crippen molar-refractivity contribution in [2.75, 3.05) is 13.1 Å². The van der Waals surface area contributed by atoms with Gasteiger partial charge in [0, 0.05) is 6.42 Å². The minimum Gasteiger partial charge on any atom is -0.480 e. The van der Waals surface area contributed by atoms with E-state index in [-0.39, 0.29) is 31.7 Å². The van der Waals surface area contributed by atoms with Crippen LogP contribution in [-0.4, -0.2) is 65.9 Å². The highest BCUT2D eigenvalue weighted by Crippen LogP contribution is 2.10. The predicted molar refractivity (Wildman–Crippen MR) is 113 cm³/mol. The first-order chi connectivity index (χ1) is 14.6. The molecule has 178 valence electrons. The van der Waals surface area contributed by atoms with Gasteiger partial charge in [0.15, 0.2) is 0 Å². The largest absolute Gasteiger partial charge is 0.480 e. The van der Waals surface area contributed by atoms with Gasteiger partial charge in [-0.25, -0.2) is 4.79 Å². The van der Waals surface area contributed by atoms with E-state index in [2.05, 4.69) is 16.0 Å². The Balaban J connectivity index is 5.41. The topological polar surface area (TPSA) is 220 Å². The van der Waals surface area contributed by atoms with E-state index in [4.69, 9.17) is 17.2 Å². The van der Waals surface area contributed by atoms with Gasteiger partial charge in [-0.1, -0.05) is 20.3 Å². The van der Waals surface area contributed by atoms with Crippen LogP contribution in [0.5, 0.6) is 0 Å². The Labute approximate surface area is 182 Å².